The van der Waals surface area contributed by atoms with E-state index in [1.807, 2.05) is 78.1 Å². The molecule has 1 N–H and O–H groups in total. The number of nitrogens with zero attached hydrogens (tertiary/aromatic N) is 4. The highest BCUT2D eigenvalue weighted by Gasteiger charge is 2.18. The summed E-state index contributed by atoms with van der Waals surface area (Å²) in [5.74, 6) is 0.920. The van der Waals surface area contributed by atoms with E-state index in [1.165, 1.54) is 16.3 Å². The molecule has 0 bridgehead atoms. The van der Waals surface area contributed by atoms with Crippen molar-refractivity contribution in [2.24, 2.45) is 0 Å². The maximum atomic E-state index is 13.3. The summed E-state index contributed by atoms with van der Waals surface area (Å²) in [5, 5.41) is 12.6. The minimum Gasteiger partial charge on any atom is -0.492 e. The minimum atomic E-state index is -0.199. The minimum absolute atomic E-state index is 0.111. The summed E-state index contributed by atoms with van der Waals surface area (Å²) in [4.78, 5) is 26.0. The number of amides is 1. The zero-order valence-corrected chi connectivity index (χ0v) is 19.2. The van der Waals surface area contributed by atoms with Crippen LogP contribution in [0.2, 0.25) is 0 Å². The Labute approximate surface area is 199 Å². The average molecular weight is 472 g/mol. The molecule has 5 rings (SSSR count). The normalized spacial score (nSPS) is 11.1. The summed E-state index contributed by atoms with van der Waals surface area (Å²) >= 11 is 1.25. The molecule has 0 spiro atoms. The lowest BCUT2D eigenvalue weighted by Crippen LogP contribution is -2.21. The summed E-state index contributed by atoms with van der Waals surface area (Å²) < 4.78 is 8.93. The van der Waals surface area contributed by atoms with Gasteiger partial charge < -0.3 is 10.1 Å². The molecule has 2 heterocycles. The molecule has 5 aromatic rings. The molecule has 8 nitrogen and oxygen atoms in total. The Kier molecular flexibility index (Phi) is 6.01. The molecule has 9 heteroatoms. The van der Waals surface area contributed by atoms with E-state index in [4.69, 9.17) is 4.74 Å². The molecule has 0 radical (unpaired) electrons. The summed E-state index contributed by atoms with van der Waals surface area (Å²) in [6.45, 7) is 2.40. The van der Waals surface area contributed by atoms with Crippen LogP contribution in [0.5, 0.6) is 5.75 Å². The Hall–Kier alpha value is -4.11. The first-order valence-corrected chi connectivity index (χ1v) is 11.7. The van der Waals surface area contributed by atoms with Gasteiger partial charge in [0.1, 0.15) is 5.75 Å². The summed E-state index contributed by atoms with van der Waals surface area (Å²) in [6.07, 6.45) is 0. The van der Waals surface area contributed by atoms with Crippen molar-refractivity contribution in [3.63, 3.8) is 0 Å². The number of hydrogen-bond acceptors (Lipinski definition) is 6. The molecular formula is C25H21N5O3S. The van der Waals surface area contributed by atoms with Crippen LogP contribution in [0.15, 0.2) is 88.8 Å². The predicted octanol–water partition coefficient (Wildman–Crippen LogP) is 4.16. The van der Waals surface area contributed by atoms with Crippen molar-refractivity contribution in [2.75, 3.05) is 17.7 Å². The molecule has 170 valence electrons. The van der Waals surface area contributed by atoms with E-state index in [0.717, 1.165) is 0 Å². The van der Waals surface area contributed by atoms with Gasteiger partial charge in [0, 0.05) is 0 Å². The van der Waals surface area contributed by atoms with Gasteiger partial charge in [-0.15, -0.1) is 10.2 Å². The Morgan fingerprint density at radius 3 is 2.53 bits per heavy atom. The SMILES string of the molecule is CCOc1ccccc1NC(=O)CSc1nnc2n(-c3ccccc3)c(=O)c3ccccc3n12. The molecule has 0 aliphatic heterocycles. The van der Waals surface area contributed by atoms with Gasteiger partial charge in [0.05, 0.1) is 34.6 Å². The highest BCUT2D eigenvalue weighted by molar-refractivity contribution is 7.99. The number of carbonyl (C=O) groups excluding carboxylic acids is 1. The Morgan fingerprint density at radius 2 is 1.71 bits per heavy atom. The van der Waals surface area contributed by atoms with Crippen molar-refractivity contribution in [2.45, 2.75) is 12.1 Å². The van der Waals surface area contributed by atoms with E-state index in [2.05, 4.69) is 15.5 Å². The van der Waals surface area contributed by atoms with Crippen molar-refractivity contribution in [1.29, 1.82) is 0 Å². The van der Waals surface area contributed by atoms with Gasteiger partial charge in [-0.25, -0.2) is 4.57 Å². The van der Waals surface area contributed by atoms with Crippen LogP contribution in [0, 0.1) is 0 Å². The van der Waals surface area contributed by atoms with Crippen LogP contribution in [-0.4, -0.2) is 37.4 Å². The second kappa shape index (κ2) is 9.40. The number of ether oxygens (including phenoxy) is 1. The molecule has 0 unspecified atom stereocenters. The van der Waals surface area contributed by atoms with Crippen molar-refractivity contribution in [1.82, 2.24) is 19.2 Å². The number of benzene rings is 3. The van der Waals surface area contributed by atoms with E-state index in [9.17, 15) is 9.59 Å². The van der Waals surface area contributed by atoms with E-state index in [1.54, 1.807) is 12.1 Å². The first kappa shape index (κ1) is 21.7. The van der Waals surface area contributed by atoms with Gasteiger partial charge in [-0.1, -0.05) is 54.2 Å². The number of para-hydroxylation sites is 4. The van der Waals surface area contributed by atoms with E-state index in [-0.39, 0.29) is 17.2 Å². The fourth-order valence-electron chi connectivity index (χ4n) is 3.75. The van der Waals surface area contributed by atoms with Crippen LogP contribution in [0.3, 0.4) is 0 Å². The van der Waals surface area contributed by atoms with Crippen molar-refractivity contribution < 1.29 is 9.53 Å². The van der Waals surface area contributed by atoms with Crippen LogP contribution in [0.1, 0.15) is 6.92 Å². The number of anilines is 1. The molecule has 0 saturated carbocycles. The summed E-state index contributed by atoms with van der Waals surface area (Å²) in [6, 6.07) is 23.9. The molecule has 0 atom stereocenters. The number of carbonyl (C=O) groups is 1. The Morgan fingerprint density at radius 1 is 0.971 bits per heavy atom. The molecule has 1 amide bonds. The third kappa shape index (κ3) is 4.01. The molecule has 2 aromatic heterocycles. The monoisotopic (exact) mass is 471 g/mol. The van der Waals surface area contributed by atoms with Gasteiger partial charge >= 0.3 is 0 Å². The van der Waals surface area contributed by atoms with Gasteiger partial charge in [-0.2, -0.15) is 0 Å². The number of rotatable bonds is 7. The van der Waals surface area contributed by atoms with Gasteiger partial charge in [-0.3, -0.25) is 14.0 Å². The second-order valence-electron chi connectivity index (χ2n) is 7.38. The Bertz CT molecular complexity index is 1550. The van der Waals surface area contributed by atoms with E-state index in [0.29, 0.717) is 45.6 Å². The number of fused-ring (bicyclic) bond motifs is 3. The Balaban J connectivity index is 1.50. The zero-order valence-electron chi connectivity index (χ0n) is 18.3. The highest BCUT2D eigenvalue weighted by atomic mass is 32.2. The third-order valence-corrected chi connectivity index (χ3v) is 6.13. The predicted molar refractivity (Wildman–Crippen MR) is 133 cm³/mol. The number of nitrogens with one attached hydrogen (secondary N) is 1. The average Bonchev–Trinajstić information content (AvgIpc) is 3.29. The van der Waals surface area contributed by atoms with Gasteiger partial charge in [0.2, 0.25) is 11.7 Å². The maximum Gasteiger partial charge on any atom is 0.267 e. The lowest BCUT2D eigenvalue weighted by molar-refractivity contribution is -0.113. The standard InChI is InChI=1S/C25H21N5O3S/c1-2-33-21-15-9-7-13-19(21)26-22(31)16-34-25-28-27-24-29(17-10-4-3-5-11-17)23(32)18-12-6-8-14-20(18)30(24)25/h3-15H,2,16H2,1H3,(H,26,31). The van der Waals surface area contributed by atoms with Crippen LogP contribution in [0.4, 0.5) is 5.69 Å². The quantitative estimate of drug-likeness (QED) is 0.359. The van der Waals surface area contributed by atoms with Crippen molar-refractivity contribution >= 4 is 40.0 Å². The third-order valence-electron chi connectivity index (χ3n) is 5.20. The van der Waals surface area contributed by atoms with Crippen LogP contribution in [-0.2, 0) is 4.79 Å². The number of thioether (sulfide) groups is 1. The molecule has 0 saturated heterocycles. The fourth-order valence-corrected chi connectivity index (χ4v) is 4.49. The second-order valence-corrected chi connectivity index (χ2v) is 8.32. The number of aromatic nitrogens is 4. The van der Waals surface area contributed by atoms with Crippen LogP contribution in [0.25, 0.3) is 22.4 Å². The smallest absolute Gasteiger partial charge is 0.267 e. The molecule has 34 heavy (non-hydrogen) atoms. The van der Waals surface area contributed by atoms with Gasteiger partial charge in [-0.05, 0) is 43.3 Å². The summed E-state index contributed by atoms with van der Waals surface area (Å²) in [5.41, 5.74) is 1.81. The molecule has 0 fully saturated rings. The van der Waals surface area contributed by atoms with E-state index >= 15 is 0 Å². The van der Waals surface area contributed by atoms with Gasteiger partial charge in [0.15, 0.2) is 5.16 Å². The highest BCUT2D eigenvalue weighted by Crippen LogP contribution is 2.26. The first-order chi connectivity index (χ1) is 16.7. The summed E-state index contributed by atoms with van der Waals surface area (Å²) in [7, 11) is 0. The topological polar surface area (TPSA) is 90.5 Å². The molecule has 0 aliphatic rings. The van der Waals surface area contributed by atoms with Crippen LogP contribution < -0.4 is 15.6 Å². The number of hydrogen-bond donors (Lipinski definition) is 1. The van der Waals surface area contributed by atoms with Crippen molar-refractivity contribution in [3.05, 3.63) is 89.2 Å². The fraction of sp³-hybridized carbons (Fsp3) is 0.120. The van der Waals surface area contributed by atoms with E-state index < -0.39 is 0 Å². The largest absolute Gasteiger partial charge is 0.492 e. The maximum absolute atomic E-state index is 13.3. The lowest BCUT2D eigenvalue weighted by atomic mass is 10.2. The van der Waals surface area contributed by atoms with Crippen LogP contribution >= 0.6 is 11.8 Å². The molecule has 3 aromatic carbocycles. The first-order valence-electron chi connectivity index (χ1n) is 10.8. The molecular weight excluding hydrogens is 450 g/mol. The van der Waals surface area contributed by atoms with Gasteiger partial charge in [0.25, 0.3) is 5.56 Å². The zero-order chi connectivity index (χ0) is 23.5. The molecule has 0 aliphatic carbocycles. The van der Waals surface area contributed by atoms with Crippen molar-refractivity contribution in [3.8, 4) is 11.4 Å². The lowest BCUT2D eigenvalue weighted by Gasteiger charge is -2.12.